The van der Waals surface area contributed by atoms with Crippen LogP contribution in [0.2, 0.25) is 0 Å². The predicted molar refractivity (Wildman–Crippen MR) is 62.4 cm³/mol. The van der Waals surface area contributed by atoms with Crippen LogP contribution < -0.4 is 4.74 Å². The van der Waals surface area contributed by atoms with E-state index in [1.54, 1.807) is 13.2 Å². The van der Waals surface area contributed by atoms with Gasteiger partial charge in [0.25, 0.3) is 0 Å². The van der Waals surface area contributed by atoms with Crippen molar-refractivity contribution in [1.82, 2.24) is 0 Å². The summed E-state index contributed by atoms with van der Waals surface area (Å²) in [6.07, 6.45) is 2.05. The molecule has 0 aliphatic rings. The van der Waals surface area contributed by atoms with Crippen molar-refractivity contribution in [1.29, 1.82) is 5.26 Å². The van der Waals surface area contributed by atoms with E-state index < -0.39 is 5.97 Å². The molecule has 0 saturated carbocycles. The molecule has 0 saturated heterocycles. The second kappa shape index (κ2) is 6.33. The molecule has 0 aromatic heterocycles. The van der Waals surface area contributed by atoms with Crippen molar-refractivity contribution in [3.8, 4) is 11.8 Å². The summed E-state index contributed by atoms with van der Waals surface area (Å²) in [6.45, 7) is 0. The summed E-state index contributed by atoms with van der Waals surface area (Å²) in [5, 5.41) is 8.75. The van der Waals surface area contributed by atoms with Gasteiger partial charge in [0, 0.05) is 0 Å². The predicted octanol–water partition coefficient (Wildman–Crippen LogP) is 1.86. The highest BCUT2D eigenvalue weighted by Gasteiger charge is 2.07. The fourth-order valence-corrected chi connectivity index (χ4v) is 1.27. The lowest BCUT2D eigenvalue weighted by atomic mass is 10.1. The monoisotopic (exact) mass is 231 g/mol. The number of carbonyl (C=O) groups excluding carboxylic acids is 1. The molecular formula is C13H13NO3. The topological polar surface area (TPSA) is 59.3 Å². The van der Waals surface area contributed by atoms with Crippen LogP contribution >= 0.6 is 0 Å². The Kier molecular flexibility index (Phi) is 4.77. The van der Waals surface area contributed by atoms with Crippen molar-refractivity contribution < 1.29 is 14.3 Å². The van der Waals surface area contributed by atoms with Gasteiger partial charge < -0.3 is 9.47 Å². The number of allylic oxidation sites excluding steroid dienone is 1. The molecule has 0 bridgehead atoms. The summed E-state index contributed by atoms with van der Waals surface area (Å²) in [7, 11) is 2.85. The molecule has 0 fully saturated rings. The molecule has 1 aromatic carbocycles. The first kappa shape index (κ1) is 12.8. The van der Waals surface area contributed by atoms with Crippen LogP contribution in [-0.4, -0.2) is 20.2 Å². The van der Waals surface area contributed by atoms with Crippen molar-refractivity contribution in [3.05, 3.63) is 41.5 Å². The number of esters is 1. The van der Waals surface area contributed by atoms with Crippen molar-refractivity contribution >= 4 is 5.97 Å². The van der Waals surface area contributed by atoms with Gasteiger partial charge in [0.1, 0.15) is 17.4 Å². The highest BCUT2D eigenvalue weighted by atomic mass is 16.5. The van der Waals surface area contributed by atoms with Crippen LogP contribution in [0.3, 0.4) is 0 Å². The maximum atomic E-state index is 11.1. The van der Waals surface area contributed by atoms with Crippen LogP contribution in [0.15, 0.2) is 35.9 Å². The van der Waals surface area contributed by atoms with Gasteiger partial charge in [-0.3, -0.25) is 0 Å². The summed E-state index contributed by atoms with van der Waals surface area (Å²) in [5.41, 5.74) is 1.01. The number of hydrogen-bond acceptors (Lipinski definition) is 4. The molecule has 4 heteroatoms. The largest absolute Gasteiger partial charge is 0.497 e. The van der Waals surface area contributed by atoms with Crippen LogP contribution in [0, 0.1) is 11.3 Å². The minimum absolute atomic E-state index is 0.0170. The number of ether oxygens (including phenoxy) is 2. The number of nitrogens with zero attached hydrogens (tertiary/aromatic N) is 1. The normalized spacial score (nSPS) is 10.5. The van der Waals surface area contributed by atoms with Crippen LogP contribution in [0.5, 0.6) is 5.75 Å². The molecule has 0 radical (unpaired) electrons. The lowest BCUT2D eigenvalue weighted by Gasteiger charge is -2.01. The van der Waals surface area contributed by atoms with Gasteiger partial charge in [-0.15, -0.1) is 0 Å². The summed E-state index contributed by atoms with van der Waals surface area (Å²) >= 11 is 0. The number of rotatable bonds is 4. The first-order valence-electron chi connectivity index (χ1n) is 5.02. The molecule has 0 unspecified atom stereocenters. The first-order chi connectivity index (χ1) is 8.21. The van der Waals surface area contributed by atoms with Crippen LogP contribution in [0.1, 0.15) is 5.56 Å². The van der Waals surface area contributed by atoms with Gasteiger partial charge in [-0.25, -0.2) is 4.79 Å². The second-order valence-corrected chi connectivity index (χ2v) is 3.27. The third-order valence-electron chi connectivity index (χ3n) is 2.23. The van der Waals surface area contributed by atoms with E-state index in [0.717, 1.165) is 11.3 Å². The maximum Gasteiger partial charge on any atom is 0.348 e. The van der Waals surface area contributed by atoms with Gasteiger partial charge in [-0.2, -0.15) is 5.26 Å². The molecular weight excluding hydrogens is 218 g/mol. The Labute approximate surface area is 100 Å². The van der Waals surface area contributed by atoms with Crippen molar-refractivity contribution in [2.45, 2.75) is 6.42 Å². The quantitative estimate of drug-likeness (QED) is 0.451. The Balaban J connectivity index is 2.74. The zero-order valence-corrected chi connectivity index (χ0v) is 9.77. The molecule has 1 rings (SSSR count). The molecule has 17 heavy (non-hydrogen) atoms. The summed E-state index contributed by atoms with van der Waals surface area (Å²) in [6, 6.07) is 9.21. The molecule has 4 nitrogen and oxygen atoms in total. The number of hydrogen-bond donors (Lipinski definition) is 0. The van der Waals surface area contributed by atoms with Gasteiger partial charge in [0.15, 0.2) is 0 Å². The fourth-order valence-electron chi connectivity index (χ4n) is 1.27. The Morgan fingerprint density at radius 2 is 2.00 bits per heavy atom. The smallest absolute Gasteiger partial charge is 0.348 e. The van der Waals surface area contributed by atoms with Gasteiger partial charge in [-0.05, 0) is 24.1 Å². The van der Waals surface area contributed by atoms with Crippen molar-refractivity contribution in [2.75, 3.05) is 14.2 Å². The van der Waals surface area contributed by atoms with E-state index in [4.69, 9.17) is 10.00 Å². The second-order valence-electron chi connectivity index (χ2n) is 3.27. The molecule has 0 N–H and O–H groups in total. The highest BCUT2D eigenvalue weighted by molar-refractivity contribution is 5.92. The molecule has 0 atom stereocenters. The Bertz CT molecular complexity index is 455. The Morgan fingerprint density at radius 1 is 1.35 bits per heavy atom. The SMILES string of the molecule is COC(=O)C(C#N)=CCc1ccc(OC)cc1. The van der Waals surface area contributed by atoms with Gasteiger partial charge >= 0.3 is 5.97 Å². The maximum absolute atomic E-state index is 11.1. The zero-order chi connectivity index (χ0) is 12.7. The third kappa shape index (κ3) is 3.65. The van der Waals surface area contributed by atoms with Crippen LogP contribution in [0.4, 0.5) is 0 Å². The number of methoxy groups -OCH3 is 2. The van der Waals surface area contributed by atoms with Crippen molar-refractivity contribution in [3.63, 3.8) is 0 Å². The van der Waals surface area contributed by atoms with E-state index in [-0.39, 0.29) is 5.57 Å². The first-order valence-corrected chi connectivity index (χ1v) is 5.02. The summed E-state index contributed by atoms with van der Waals surface area (Å²) in [5.74, 6) is 0.159. The zero-order valence-electron chi connectivity index (χ0n) is 9.77. The molecule has 0 amide bonds. The van der Waals surface area contributed by atoms with Crippen molar-refractivity contribution in [2.24, 2.45) is 0 Å². The van der Waals surface area contributed by atoms with E-state index in [1.165, 1.54) is 7.11 Å². The number of nitriles is 1. The number of benzene rings is 1. The summed E-state index contributed by atoms with van der Waals surface area (Å²) < 4.78 is 9.51. The average molecular weight is 231 g/mol. The highest BCUT2D eigenvalue weighted by Crippen LogP contribution is 2.12. The van der Waals surface area contributed by atoms with E-state index >= 15 is 0 Å². The van der Waals surface area contributed by atoms with Gasteiger partial charge in [0.2, 0.25) is 0 Å². The summed E-state index contributed by atoms with van der Waals surface area (Å²) in [4.78, 5) is 11.1. The van der Waals surface area contributed by atoms with Crippen LogP contribution in [-0.2, 0) is 16.0 Å². The minimum atomic E-state index is -0.610. The molecule has 0 spiro atoms. The minimum Gasteiger partial charge on any atom is -0.497 e. The Morgan fingerprint density at radius 3 is 2.47 bits per heavy atom. The molecule has 0 aliphatic heterocycles. The molecule has 1 aromatic rings. The van der Waals surface area contributed by atoms with Gasteiger partial charge in [-0.1, -0.05) is 18.2 Å². The molecule has 88 valence electrons. The van der Waals surface area contributed by atoms with E-state index in [1.807, 2.05) is 30.3 Å². The average Bonchev–Trinajstić information content (AvgIpc) is 2.39. The standard InChI is InChI=1S/C13H13NO3/c1-16-12-7-4-10(5-8-12)3-6-11(9-14)13(15)17-2/h4-8H,3H2,1-2H3. The lowest BCUT2D eigenvalue weighted by Crippen LogP contribution is -2.03. The Hall–Kier alpha value is -2.28. The van der Waals surface area contributed by atoms with E-state index in [9.17, 15) is 4.79 Å². The van der Waals surface area contributed by atoms with Crippen LogP contribution in [0.25, 0.3) is 0 Å². The molecule has 0 aliphatic carbocycles. The third-order valence-corrected chi connectivity index (χ3v) is 2.23. The lowest BCUT2D eigenvalue weighted by molar-refractivity contribution is -0.135. The number of carbonyl (C=O) groups is 1. The molecule has 0 heterocycles. The van der Waals surface area contributed by atoms with E-state index in [0.29, 0.717) is 6.42 Å². The van der Waals surface area contributed by atoms with E-state index in [2.05, 4.69) is 4.74 Å². The van der Waals surface area contributed by atoms with Gasteiger partial charge in [0.05, 0.1) is 14.2 Å². The fraction of sp³-hybridized carbons (Fsp3) is 0.231.